The maximum absolute atomic E-state index is 12.6. The quantitative estimate of drug-likeness (QED) is 0.660. The normalized spacial score (nSPS) is 15.8. The zero-order valence-corrected chi connectivity index (χ0v) is 18.5. The molecule has 0 fully saturated rings. The molecule has 2 heterocycles. The van der Waals surface area contributed by atoms with Gasteiger partial charge in [-0.15, -0.1) is 0 Å². The highest BCUT2D eigenvalue weighted by atomic mass is 16.5. The number of benzene rings is 2. The van der Waals surface area contributed by atoms with Crippen molar-refractivity contribution < 1.29 is 9.53 Å². The maximum Gasteiger partial charge on any atom is 0.249 e. The van der Waals surface area contributed by atoms with Gasteiger partial charge in [-0.3, -0.25) is 4.79 Å². The van der Waals surface area contributed by atoms with E-state index in [-0.39, 0.29) is 18.0 Å². The van der Waals surface area contributed by atoms with Crippen molar-refractivity contribution >= 4 is 28.9 Å². The zero-order chi connectivity index (χ0) is 22.1. The number of nitrogens with zero attached hydrogens (tertiary/aromatic N) is 4. The first-order valence-electron chi connectivity index (χ1n) is 10.3. The van der Waals surface area contributed by atoms with Crippen LogP contribution < -0.4 is 19.9 Å². The lowest BCUT2D eigenvalue weighted by atomic mass is 10.0. The van der Waals surface area contributed by atoms with Gasteiger partial charge < -0.3 is 19.9 Å². The monoisotopic (exact) mass is 417 g/mol. The van der Waals surface area contributed by atoms with Gasteiger partial charge in [0.05, 0.1) is 24.2 Å². The summed E-state index contributed by atoms with van der Waals surface area (Å²) in [5.74, 6) is 1.38. The Morgan fingerprint density at radius 3 is 2.65 bits per heavy atom. The first-order chi connectivity index (χ1) is 14.9. The second kappa shape index (κ2) is 8.26. The predicted molar refractivity (Wildman–Crippen MR) is 124 cm³/mol. The Kier molecular flexibility index (Phi) is 5.50. The van der Waals surface area contributed by atoms with E-state index in [1.807, 2.05) is 56.4 Å². The van der Waals surface area contributed by atoms with Crippen LogP contribution in [0.1, 0.15) is 20.8 Å². The van der Waals surface area contributed by atoms with Crippen molar-refractivity contribution in [1.29, 1.82) is 0 Å². The van der Waals surface area contributed by atoms with Gasteiger partial charge in [0, 0.05) is 30.5 Å². The van der Waals surface area contributed by atoms with E-state index in [2.05, 4.69) is 40.1 Å². The lowest BCUT2D eigenvalue weighted by molar-refractivity contribution is -0.119. The zero-order valence-electron chi connectivity index (χ0n) is 18.5. The molecule has 1 amide bonds. The summed E-state index contributed by atoms with van der Waals surface area (Å²) >= 11 is 0. The number of anilines is 4. The van der Waals surface area contributed by atoms with E-state index < -0.39 is 0 Å². The summed E-state index contributed by atoms with van der Waals surface area (Å²) < 4.78 is 5.32. The highest BCUT2D eigenvalue weighted by Crippen LogP contribution is 2.39. The van der Waals surface area contributed by atoms with Crippen LogP contribution in [-0.4, -0.2) is 42.1 Å². The summed E-state index contributed by atoms with van der Waals surface area (Å²) in [5.41, 5.74) is 4.53. The minimum Gasteiger partial charge on any atom is -0.497 e. The lowest BCUT2D eigenvalue weighted by Gasteiger charge is -2.42. The summed E-state index contributed by atoms with van der Waals surface area (Å²) in [4.78, 5) is 25.6. The molecule has 31 heavy (non-hydrogen) atoms. The summed E-state index contributed by atoms with van der Waals surface area (Å²) in [6.07, 6.45) is 1.73. The fourth-order valence-corrected chi connectivity index (χ4v) is 4.03. The Morgan fingerprint density at radius 2 is 1.90 bits per heavy atom. The summed E-state index contributed by atoms with van der Waals surface area (Å²) in [5, 5.41) is 3.31. The molecule has 0 bridgehead atoms. The van der Waals surface area contributed by atoms with Crippen molar-refractivity contribution in [3.63, 3.8) is 0 Å². The van der Waals surface area contributed by atoms with Gasteiger partial charge in [-0.05, 0) is 57.2 Å². The number of fused-ring (bicyclic) bond motifs is 1. The number of likely N-dealkylation sites (N-methyl/N-ethyl adjacent to an activating group) is 1. The number of hydrogen-bond donors (Lipinski definition) is 1. The molecule has 0 saturated heterocycles. The minimum atomic E-state index is -0.222. The van der Waals surface area contributed by atoms with Gasteiger partial charge in [0.1, 0.15) is 11.8 Å². The van der Waals surface area contributed by atoms with Crippen LogP contribution in [0, 0.1) is 0 Å². The lowest BCUT2D eigenvalue weighted by Crippen LogP contribution is -2.53. The molecule has 1 aromatic heterocycles. The second-order valence-corrected chi connectivity index (χ2v) is 7.90. The molecule has 160 valence electrons. The molecule has 0 radical (unpaired) electrons. The number of rotatable bonds is 5. The molecule has 1 N–H and O–H groups in total. The minimum absolute atomic E-state index is 0.0937. The molecule has 7 heteroatoms. The van der Waals surface area contributed by atoms with Crippen LogP contribution in [-0.2, 0) is 4.79 Å². The van der Waals surface area contributed by atoms with Gasteiger partial charge in [-0.1, -0.05) is 12.1 Å². The Balaban J connectivity index is 1.66. The SMILES string of the molecule is COc1cccc(-c2ccnc(Nc3ccc4c(c3)N(C(C)C)C(C)C(=O)N4C)n2)c1. The Morgan fingerprint density at radius 1 is 1.10 bits per heavy atom. The molecule has 4 rings (SSSR count). The molecule has 1 unspecified atom stereocenters. The van der Waals surface area contributed by atoms with Gasteiger partial charge in [0.25, 0.3) is 0 Å². The predicted octanol–water partition coefficient (Wildman–Crippen LogP) is 4.48. The van der Waals surface area contributed by atoms with E-state index in [4.69, 9.17) is 4.74 Å². The molecular formula is C24H27N5O2. The van der Waals surface area contributed by atoms with Crippen LogP contribution in [0.25, 0.3) is 11.3 Å². The third-order valence-electron chi connectivity index (χ3n) is 5.55. The summed E-state index contributed by atoms with van der Waals surface area (Å²) in [7, 11) is 3.47. The molecule has 7 nitrogen and oxygen atoms in total. The molecule has 0 spiro atoms. The van der Waals surface area contributed by atoms with Crippen molar-refractivity contribution in [3.8, 4) is 17.0 Å². The Labute approximate surface area is 182 Å². The first-order valence-corrected chi connectivity index (χ1v) is 10.3. The summed E-state index contributed by atoms with van der Waals surface area (Å²) in [6.45, 7) is 6.14. The largest absolute Gasteiger partial charge is 0.497 e. The molecular weight excluding hydrogens is 390 g/mol. The fraction of sp³-hybridized carbons (Fsp3) is 0.292. The number of aromatic nitrogens is 2. The number of hydrogen-bond acceptors (Lipinski definition) is 6. The molecule has 1 aliphatic rings. The van der Waals surface area contributed by atoms with E-state index in [9.17, 15) is 4.79 Å². The van der Waals surface area contributed by atoms with Crippen molar-refractivity contribution in [2.24, 2.45) is 0 Å². The van der Waals surface area contributed by atoms with E-state index in [1.54, 1.807) is 18.2 Å². The molecule has 0 saturated carbocycles. The molecule has 1 aliphatic heterocycles. The van der Waals surface area contributed by atoms with Crippen LogP contribution in [0.4, 0.5) is 23.0 Å². The van der Waals surface area contributed by atoms with Crippen molar-refractivity contribution in [3.05, 3.63) is 54.7 Å². The van der Waals surface area contributed by atoms with Crippen molar-refractivity contribution in [1.82, 2.24) is 9.97 Å². The third kappa shape index (κ3) is 3.91. The molecule has 1 atom stereocenters. The van der Waals surface area contributed by atoms with E-state index >= 15 is 0 Å². The molecule has 0 aliphatic carbocycles. The van der Waals surface area contributed by atoms with Crippen LogP contribution in [0.2, 0.25) is 0 Å². The topological polar surface area (TPSA) is 70.6 Å². The number of carbonyl (C=O) groups is 1. The van der Waals surface area contributed by atoms with E-state index in [0.717, 1.165) is 34.1 Å². The fourth-order valence-electron chi connectivity index (χ4n) is 4.03. The highest BCUT2D eigenvalue weighted by Gasteiger charge is 2.34. The Hall–Kier alpha value is -3.61. The number of methoxy groups -OCH3 is 1. The van der Waals surface area contributed by atoms with Crippen LogP contribution in [0.15, 0.2) is 54.7 Å². The van der Waals surface area contributed by atoms with E-state index in [1.165, 1.54) is 0 Å². The average Bonchev–Trinajstić information content (AvgIpc) is 2.77. The smallest absolute Gasteiger partial charge is 0.249 e. The second-order valence-electron chi connectivity index (χ2n) is 7.90. The van der Waals surface area contributed by atoms with E-state index in [0.29, 0.717) is 5.95 Å². The van der Waals surface area contributed by atoms with Gasteiger partial charge in [-0.2, -0.15) is 0 Å². The third-order valence-corrected chi connectivity index (χ3v) is 5.55. The number of amides is 1. The first kappa shape index (κ1) is 20.7. The number of nitrogens with one attached hydrogen (secondary N) is 1. The van der Waals surface area contributed by atoms with Crippen LogP contribution >= 0.6 is 0 Å². The van der Waals surface area contributed by atoms with Gasteiger partial charge in [0.15, 0.2) is 0 Å². The molecule has 3 aromatic rings. The molecule has 2 aromatic carbocycles. The van der Waals surface area contributed by atoms with Crippen LogP contribution in [0.3, 0.4) is 0 Å². The summed E-state index contributed by atoms with van der Waals surface area (Å²) in [6, 6.07) is 15.6. The van der Waals surface area contributed by atoms with Gasteiger partial charge >= 0.3 is 0 Å². The Bertz CT molecular complexity index is 1110. The average molecular weight is 418 g/mol. The van der Waals surface area contributed by atoms with Crippen LogP contribution in [0.5, 0.6) is 5.75 Å². The highest BCUT2D eigenvalue weighted by molar-refractivity contribution is 6.05. The standard InChI is InChI=1S/C24H27N5O2/c1-15(2)29-16(3)23(30)28(4)21-10-9-18(14-22(21)29)26-24-25-12-11-20(27-24)17-7-6-8-19(13-17)31-5/h6-16H,1-5H3,(H,25,26,27). The maximum atomic E-state index is 12.6. The number of ether oxygens (including phenoxy) is 1. The van der Waals surface area contributed by atoms with Crippen molar-refractivity contribution in [2.75, 3.05) is 29.3 Å². The number of carbonyl (C=O) groups excluding carboxylic acids is 1. The van der Waals surface area contributed by atoms with Gasteiger partial charge in [-0.25, -0.2) is 9.97 Å². The van der Waals surface area contributed by atoms with Gasteiger partial charge in [0.2, 0.25) is 11.9 Å². The van der Waals surface area contributed by atoms with Crippen molar-refractivity contribution in [2.45, 2.75) is 32.9 Å².